The van der Waals surface area contributed by atoms with Gasteiger partial charge in [0, 0.05) is 19.3 Å². The quantitative estimate of drug-likeness (QED) is 0.0343. The fourth-order valence-corrected chi connectivity index (χ4v) is 10.4. The SMILES string of the molecule is CCCCCCCCCCCCCCCCCCCCCC(=O)OC[C@@H](COC(=O)CCCCCCCCCCCCCCCCCCCC)OC(=O)CCCCCCCCCCCCCCCCCCC. The highest BCUT2D eigenvalue weighted by atomic mass is 16.6. The van der Waals surface area contributed by atoms with Gasteiger partial charge in [0.1, 0.15) is 13.2 Å². The number of hydrogen-bond acceptors (Lipinski definition) is 6. The lowest BCUT2D eigenvalue weighted by atomic mass is 10.0. The Bertz CT molecular complexity index is 1080. The molecule has 0 aliphatic heterocycles. The number of hydrogen-bond donors (Lipinski definition) is 0. The molecule has 0 saturated heterocycles. The molecule has 0 aromatic rings. The molecule has 6 nitrogen and oxygen atoms in total. The van der Waals surface area contributed by atoms with Gasteiger partial charge in [-0.05, 0) is 19.3 Å². The van der Waals surface area contributed by atoms with Gasteiger partial charge in [-0.3, -0.25) is 14.4 Å². The number of ether oxygens (including phenoxy) is 3. The third-order valence-corrected chi connectivity index (χ3v) is 15.4. The summed E-state index contributed by atoms with van der Waals surface area (Å²) < 4.78 is 17.0. The Hall–Kier alpha value is -1.59. The van der Waals surface area contributed by atoms with Crippen molar-refractivity contribution >= 4 is 17.9 Å². The van der Waals surface area contributed by atoms with Gasteiger partial charge in [0.25, 0.3) is 0 Å². The zero-order valence-corrected chi connectivity index (χ0v) is 49.2. The molecule has 0 aromatic carbocycles. The van der Waals surface area contributed by atoms with Crippen LogP contribution in [0.25, 0.3) is 0 Å². The van der Waals surface area contributed by atoms with Crippen molar-refractivity contribution in [2.75, 3.05) is 13.2 Å². The maximum Gasteiger partial charge on any atom is 0.306 e. The predicted octanol–water partition coefficient (Wildman–Crippen LogP) is 22.3. The molecule has 0 amide bonds. The third-order valence-electron chi connectivity index (χ3n) is 15.4. The monoisotopic (exact) mass is 1020 g/mol. The van der Waals surface area contributed by atoms with Crippen molar-refractivity contribution in [2.24, 2.45) is 0 Å². The van der Waals surface area contributed by atoms with Crippen LogP contribution in [-0.2, 0) is 28.6 Å². The van der Waals surface area contributed by atoms with Gasteiger partial charge < -0.3 is 14.2 Å². The van der Waals surface area contributed by atoms with Gasteiger partial charge in [-0.2, -0.15) is 0 Å². The Balaban J connectivity index is 4.27. The van der Waals surface area contributed by atoms with E-state index in [1.54, 1.807) is 0 Å². The van der Waals surface area contributed by atoms with Crippen LogP contribution in [0, 0.1) is 0 Å². The minimum Gasteiger partial charge on any atom is -0.462 e. The summed E-state index contributed by atoms with van der Waals surface area (Å²) >= 11 is 0. The Morgan fingerprint density at radius 1 is 0.222 bits per heavy atom. The van der Waals surface area contributed by atoms with Gasteiger partial charge in [-0.1, -0.05) is 348 Å². The molecular formula is C66H128O6. The summed E-state index contributed by atoms with van der Waals surface area (Å²) in [5.41, 5.74) is 0. The number of unbranched alkanes of at least 4 members (excludes halogenated alkanes) is 51. The average Bonchev–Trinajstić information content (AvgIpc) is 3.38. The molecule has 0 aliphatic carbocycles. The summed E-state index contributed by atoms with van der Waals surface area (Å²) in [6, 6.07) is 0. The first-order valence-electron chi connectivity index (χ1n) is 33.0. The zero-order chi connectivity index (χ0) is 52.2. The van der Waals surface area contributed by atoms with Crippen LogP contribution >= 0.6 is 0 Å². The second-order valence-electron chi connectivity index (χ2n) is 22.8. The molecule has 0 aliphatic rings. The van der Waals surface area contributed by atoms with E-state index in [0.717, 1.165) is 57.8 Å². The van der Waals surface area contributed by atoms with Gasteiger partial charge in [-0.25, -0.2) is 0 Å². The molecule has 0 heterocycles. The fraction of sp³-hybridized carbons (Fsp3) is 0.955. The van der Waals surface area contributed by atoms with Gasteiger partial charge >= 0.3 is 17.9 Å². The normalized spacial score (nSPS) is 11.9. The van der Waals surface area contributed by atoms with Crippen molar-refractivity contribution in [2.45, 2.75) is 393 Å². The molecule has 0 spiro atoms. The van der Waals surface area contributed by atoms with Crippen LogP contribution in [-0.4, -0.2) is 37.2 Å². The van der Waals surface area contributed by atoms with E-state index in [0.29, 0.717) is 19.3 Å². The minimum atomic E-state index is -0.762. The van der Waals surface area contributed by atoms with E-state index < -0.39 is 6.10 Å². The van der Waals surface area contributed by atoms with E-state index in [-0.39, 0.29) is 31.1 Å². The molecule has 0 fully saturated rings. The molecule has 428 valence electrons. The number of carbonyl (C=O) groups is 3. The van der Waals surface area contributed by atoms with Crippen LogP contribution in [0.2, 0.25) is 0 Å². The van der Waals surface area contributed by atoms with Crippen molar-refractivity contribution in [3.8, 4) is 0 Å². The van der Waals surface area contributed by atoms with Crippen LogP contribution in [0.4, 0.5) is 0 Å². The van der Waals surface area contributed by atoms with Crippen molar-refractivity contribution < 1.29 is 28.6 Å². The smallest absolute Gasteiger partial charge is 0.306 e. The Morgan fingerprint density at radius 3 is 0.556 bits per heavy atom. The molecule has 0 bridgehead atoms. The first-order chi connectivity index (χ1) is 35.5. The lowest BCUT2D eigenvalue weighted by Gasteiger charge is -2.18. The van der Waals surface area contributed by atoms with E-state index in [1.807, 2.05) is 0 Å². The van der Waals surface area contributed by atoms with E-state index in [1.165, 1.54) is 289 Å². The molecule has 1 atom stereocenters. The minimum absolute atomic E-state index is 0.0603. The molecule has 0 unspecified atom stereocenters. The second kappa shape index (κ2) is 62.0. The largest absolute Gasteiger partial charge is 0.462 e. The number of rotatable bonds is 62. The predicted molar refractivity (Wildman–Crippen MR) is 312 cm³/mol. The van der Waals surface area contributed by atoms with E-state index in [4.69, 9.17) is 14.2 Å². The summed E-state index contributed by atoms with van der Waals surface area (Å²) in [4.78, 5) is 38.4. The van der Waals surface area contributed by atoms with Crippen molar-refractivity contribution in [3.63, 3.8) is 0 Å². The highest BCUT2D eigenvalue weighted by Gasteiger charge is 2.19. The Morgan fingerprint density at radius 2 is 0.375 bits per heavy atom. The lowest BCUT2D eigenvalue weighted by molar-refractivity contribution is -0.167. The third kappa shape index (κ3) is 59.3. The van der Waals surface area contributed by atoms with Crippen molar-refractivity contribution in [1.82, 2.24) is 0 Å². The van der Waals surface area contributed by atoms with Gasteiger partial charge in [0.2, 0.25) is 0 Å². The van der Waals surface area contributed by atoms with Gasteiger partial charge in [0.05, 0.1) is 0 Å². The maximum absolute atomic E-state index is 12.9. The summed E-state index contributed by atoms with van der Waals surface area (Å²) in [5.74, 6) is -0.821. The molecule has 0 saturated carbocycles. The molecule has 72 heavy (non-hydrogen) atoms. The second-order valence-corrected chi connectivity index (χ2v) is 22.8. The first-order valence-corrected chi connectivity index (χ1v) is 33.0. The Labute approximate surface area is 450 Å². The van der Waals surface area contributed by atoms with E-state index >= 15 is 0 Å². The van der Waals surface area contributed by atoms with Crippen LogP contribution in [0.5, 0.6) is 0 Å². The van der Waals surface area contributed by atoms with Crippen molar-refractivity contribution in [1.29, 1.82) is 0 Å². The van der Waals surface area contributed by atoms with E-state index in [9.17, 15) is 14.4 Å². The molecule has 0 N–H and O–H groups in total. The first kappa shape index (κ1) is 70.4. The van der Waals surface area contributed by atoms with Crippen LogP contribution in [0.15, 0.2) is 0 Å². The maximum atomic E-state index is 12.9. The molecule has 0 radical (unpaired) electrons. The highest BCUT2D eigenvalue weighted by molar-refractivity contribution is 5.71. The van der Waals surface area contributed by atoms with Crippen molar-refractivity contribution in [3.05, 3.63) is 0 Å². The van der Waals surface area contributed by atoms with Crippen LogP contribution < -0.4 is 0 Å². The van der Waals surface area contributed by atoms with Crippen LogP contribution in [0.1, 0.15) is 387 Å². The molecule has 0 rings (SSSR count). The van der Waals surface area contributed by atoms with Crippen LogP contribution in [0.3, 0.4) is 0 Å². The highest BCUT2D eigenvalue weighted by Crippen LogP contribution is 2.19. The summed E-state index contributed by atoms with van der Waals surface area (Å²) in [7, 11) is 0. The summed E-state index contributed by atoms with van der Waals surface area (Å²) in [5, 5.41) is 0. The number of esters is 3. The summed E-state index contributed by atoms with van der Waals surface area (Å²) in [6.45, 7) is 6.74. The van der Waals surface area contributed by atoms with Gasteiger partial charge in [0.15, 0.2) is 6.10 Å². The molecule has 6 heteroatoms. The fourth-order valence-electron chi connectivity index (χ4n) is 10.4. The van der Waals surface area contributed by atoms with Gasteiger partial charge in [-0.15, -0.1) is 0 Å². The lowest BCUT2D eigenvalue weighted by Crippen LogP contribution is -2.30. The topological polar surface area (TPSA) is 78.9 Å². The Kier molecular flexibility index (Phi) is 60.6. The summed E-state index contributed by atoms with van der Waals surface area (Å²) in [6.07, 6.45) is 71.1. The average molecular weight is 1020 g/mol. The standard InChI is InChI=1S/C66H128O6/c1-4-7-10-13-16-19-22-25-28-31-33-36-38-41-44-47-50-53-56-59-65(68)71-62-63(72-66(69)60-57-54-51-48-45-42-39-34-30-27-24-21-18-15-12-9-6-3)61-70-64(67)58-55-52-49-46-43-40-37-35-32-29-26-23-20-17-14-11-8-5-2/h63H,4-62H2,1-3H3/t63-/m1/s1. The molecule has 0 aromatic heterocycles. The van der Waals surface area contributed by atoms with E-state index in [2.05, 4.69) is 20.8 Å². The molecular weight excluding hydrogens is 889 g/mol. The number of carbonyl (C=O) groups excluding carboxylic acids is 3. The zero-order valence-electron chi connectivity index (χ0n) is 49.2.